The number of hydrogen-bond acceptors (Lipinski definition) is 11. The standard InChI is InChI=1S/C37H58NO10P7/c1-19-23(45-32(43)34(5,6)35(7,8)38-10)16-22-28(46-31(42)21-14-12-11-13-15-21)29-36(9,30(41)27(40)26(19)33(22,3)4)24(48-53(54(49)50)55(51)52)17-25-37(29,18-44-25)47-20(2)39/h11-15,22-25,27-29,38,40H,16-18,49-52H2,1-10H3/t22?,23-,24-,25+,27+,28+,29?,36+,37-/m0/s1. The van der Waals surface area contributed by atoms with Crippen LogP contribution >= 0.6 is 57.2 Å². The normalized spacial score (nSPS) is 33.3. The van der Waals surface area contributed by atoms with Gasteiger partial charge in [0, 0.05) is 24.8 Å². The Bertz CT molecular complexity index is 1700. The highest BCUT2D eigenvalue weighted by Crippen LogP contribution is 2.98. The minimum absolute atomic E-state index is 0.0394. The molecule has 0 aromatic heterocycles. The number of carbonyl (C=O) groups excluding carboxylic acids is 4. The van der Waals surface area contributed by atoms with E-state index in [1.54, 1.807) is 51.2 Å². The summed E-state index contributed by atoms with van der Waals surface area (Å²) < 4.78 is 32.7. The second-order valence-corrected chi connectivity index (χ2v) is 40.6. The topological polar surface area (TPSA) is 147 Å². The first-order valence-electron chi connectivity index (χ1n) is 18.4. The van der Waals surface area contributed by atoms with Gasteiger partial charge in [-0.25, -0.2) is 4.79 Å². The van der Waals surface area contributed by atoms with Crippen LogP contribution in [-0.2, 0) is 37.9 Å². The van der Waals surface area contributed by atoms with Gasteiger partial charge in [-0.3, -0.25) is 14.4 Å². The van der Waals surface area contributed by atoms with Crippen LogP contribution in [0.25, 0.3) is 0 Å². The highest BCUT2D eigenvalue weighted by atomic mass is 33.0. The summed E-state index contributed by atoms with van der Waals surface area (Å²) in [5.74, 6) is -3.85. The molecule has 306 valence electrons. The van der Waals surface area contributed by atoms with Gasteiger partial charge >= 0.3 is 17.9 Å². The molecule has 1 heterocycles. The third-order valence-corrected chi connectivity index (χ3v) is 35.7. The van der Waals surface area contributed by atoms with Crippen LogP contribution in [0.4, 0.5) is 0 Å². The Morgan fingerprint density at radius 2 is 1.58 bits per heavy atom. The molecule has 5 rings (SSSR count). The predicted octanol–water partition coefficient (Wildman–Crippen LogP) is 7.92. The molecule has 3 fully saturated rings. The molecule has 4 aliphatic rings. The molecule has 0 spiro atoms. The van der Waals surface area contributed by atoms with E-state index in [2.05, 4.69) is 41.0 Å². The van der Waals surface area contributed by atoms with Crippen molar-refractivity contribution < 1.29 is 47.8 Å². The van der Waals surface area contributed by atoms with Crippen molar-refractivity contribution in [2.24, 2.45) is 28.1 Å². The number of esters is 3. The van der Waals surface area contributed by atoms with Gasteiger partial charge < -0.3 is 33.9 Å². The van der Waals surface area contributed by atoms with E-state index in [9.17, 15) is 19.5 Å². The van der Waals surface area contributed by atoms with Gasteiger partial charge in [-0.2, -0.15) is 0 Å². The molecular weight excluding hydrogens is 835 g/mol. The van der Waals surface area contributed by atoms with Gasteiger partial charge in [0.25, 0.3) is 0 Å². The van der Waals surface area contributed by atoms with Crippen LogP contribution in [0.1, 0.15) is 85.5 Å². The summed E-state index contributed by atoms with van der Waals surface area (Å²) in [5.41, 5.74) is -4.23. The maximum absolute atomic E-state index is 15.6. The summed E-state index contributed by atoms with van der Waals surface area (Å²) in [6.45, 7) is 14.7. The predicted molar refractivity (Wildman–Crippen MR) is 233 cm³/mol. The molecule has 1 aromatic rings. The minimum atomic E-state index is -1.63. The molecule has 1 saturated heterocycles. The zero-order valence-corrected chi connectivity index (χ0v) is 40.6. The number of rotatable bonds is 11. The van der Waals surface area contributed by atoms with Crippen molar-refractivity contribution in [3.8, 4) is 0 Å². The first-order valence-corrected chi connectivity index (χ1v) is 30.2. The Hall–Kier alpha value is -0.110. The van der Waals surface area contributed by atoms with E-state index in [4.69, 9.17) is 23.5 Å². The van der Waals surface area contributed by atoms with Crippen LogP contribution < -0.4 is 5.32 Å². The van der Waals surface area contributed by atoms with E-state index in [0.29, 0.717) is 16.7 Å². The molecule has 6 unspecified atom stereocenters. The summed E-state index contributed by atoms with van der Waals surface area (Å²) >= 11 is 0. The van der Waals surface area contributed by atoms with Crippen molar-refractivity contribution in [2.45, 2.75) is 117 Å². The second kappa shape index (κ2) is 16.7. The van der Waals surface area contributed by atoms with Crippen LogP contribution in [0.2, 0.25) is 0 Å². The third kappa shape index (κ3) is 7.97. The first kappa shape index (κ1) is 46.0. The number of ether oxygens (including phenoxy) is 4. The lowest BCUT2D eigenvalue weighted by Crippen LogP contribution is -2.79. The zero-order valence-electron chi connectivity index (χ0n) is 33.3. The maximum Gasteiger partial charge on any atom is 0.338 e. The van der Waals surface area contributed by atoms with Crippen LogP contribution in [0.5, 0.6) is 0 Å². The Morgan fingerprint density at radius 1 is 0.982 bits per heavy atom. The summed E-state index contributed by atoms with van der Waals surface area (Å²) in [6.07, 6.45) is -4.65. The monoisotopic (exact) mass is 893 g/mol. The van der Waals surface area contributed by atoms with Gasteiger partial charge in [0.1, 0.15) is 24.4 Å². The summed E-state index contributed by atoms with van der Waals surface area (Å²) in [5, 5.41) is 15.8. The highest BCUT2D eigenvalue weighted by Gasteiger charge is 2.76. The lowest BCUT2D eigenvalue weighted by Gasteiger charge is -2.66. The van der Waals surface area contributed by atoms with Gasteiger partial charge in [0.2, 0.25) is 0 Å². The highest BCUT2D eigenvalue weighted by molar-refractivity contribution is 8.96. The first-order chi connectivity index (χ1) is 25.4. The number of fused-ring (bicyclic) bond motifs is 5. The fourth-order valence-corrected chi connectivity index (χ4v) is 42.1. The van der Waals surface area contributed by atoms with Crippen LogP contribution in [-0.4, -0.2) is 84.1 Å². The van der Waals surface area contributed by atoms with Gasteiger partial charge in [-0.1, -0.05) is 32.0 Å². The van der Waals surface area contributed by atoms with Gasteiger partial charge in [0.05, 0.1) is 42.5 Å². The average molecular weight is 894 g/mol. The summed E-state index contributed by atoms with van der Waals surface area (Å²) in [4.78, 5) is 57.1. The van der Waals surface area contributed by atoms with Crippen molar-refractivity contribution >= 4 is 80.9 Å². The SMILES string of the molecule is CNC(C)(C)C(C)(C)C(=O)O[C@H]1CC2[C@@H](OC(=O)c3ccccc3)C3[C@](C)(C(=O)[C@H](O)C(=C1C)C2(C)C)[C@@H](OP(P(P)P)P(P)P)C[C@H]1OC[C@@]31OC(C)=O. The molecule has 2 saturated carbocycles. The number of carbonyl (C=O) groups is 4. The van der Waals surface area contributed by atoms with Crippen molar-refractivity contribution in [1.82, 2.24) is 5.32 Å². The summed E-state index contributed by atoms with van der Waals surface area (Å²) in [7, 11) is 12.1. The molecule has 18 heteroatoms. The number of aliphatic hydroxyl groups is 1. The van der Waals surface area contributed by atoms with Crippen molar-refractivity contribution in [3.63, 3.8) is 0 Å². The van der Waals surface area contributed by atoms with E-state index in [0.717, 1.165) is 0 Å². The maximum atomic E-state index is 15.6. The molecule has 11 nitrogen and oxygen atoms in total. The van der Waals surface area contributed by atoms with E-state index >= 15 is 4.79 Å². The number of nitrogens with one attached hydrogen (secondary N) is 1. The number of Topliss-reactive ketones (excluding diaryl/α,β-unsaturated/α-hetero) is 1. The Labute approximate surface area is 338 Å². The number of hydrogen-bond donors (Lipinski definition) is 2. The van der Waals surface area contributed by atoms with Crippen LogP contribution in [0.3, 0.4) is 0 Å². The fourth-order valence-electron chi connectivity index (χ4n) is 9.17. The van der Waals surface area contributed by atoms with Gasteiger partial charge in [0.15, 0.2) is 11.4 Å². The molecule has 1 aliphatic heterocycles. The van der Waals surface area contributed by atoms with Crippen LogP contribution in [0.15, 0.2) is 41.5 Å². The lowest BCUT2D eigenvalue weighted by atomic mass is 9.46. The summed E-state index contributed by atoms with van der Waals surface area (Å²) in [6, 6.07) is 8.61. The molecule has 3 aliphatic carbocycles. The van der Waals surface area contributed by atoms with Crippen LogP contribution in [0, 0.1) is 28.1 Å². The molecule has 2 bridgehead atoms. The molecule has 0 amide bonds. The lowest BCUT2D eigenvalue weighted by molar-refractivity contribution is -0.333. The van der Waals surface area contributed by atoms with Gasteiger partial charge in [-0.05, 0) is 97.7 Å². The molecule has 1 aromatic carbocycles. The molecule has 0 radical (unpaired) electrons. The van der Waals surface area contributed by atoms with Gasteiger partial charge in [-0.15, -0.1) is 35.7 Å². The fraction of sp³-hybridized carbons (Fsp3) is 0.676. The largest absolute Gasteiger partial charge is 0.458 e. The second-order valence-electron chi connectivity index (χ2n) is 17.0. The quantitative estimate of drug-likeness (QED) is 0.0967. The number of aliphatic hydroxyl groups excluding tert-OH is 1. The smallest absolute Gasteiger partial charge is 0.338 e. The Kier molecular flexibility index (Phi) is 14.0. The minimum Gasteiger partial charge on any atom is -0.458 e. The van der Waals surface area contributed by atoms with Crippen molar-refractivity contribution in [3.05, 3.63) is 47.0 Å². The van der Waals surface area contributed by atoms with Crippen molar-refractivity contribution in [1.29, 1.82) is 0 Å². The number of benzene rings is 1. The molecule has 55 heavy (non-hydrogen) atoms. The van der Waals surface area contributed by atoms with E-state index in [1.807, 2.05) is 41.5 Å². The zero-order chi connectivity index (χ0) is 41.2. The molecular formula is C37H58NO10P7. The molecule has 2 N–H and O–H groups in total. The van der Waals surface area contributed by atoms with Crippen molar-refractivity contribution in [2.75, 3.05) is 13.7 Å². The van der Waals surface area contributed by atoms with E-state index in [1.165, 1.54) is 6.92 Å². The van der Waals surface area contributed by atoms with E-state index in [-0.39, 0.29) is 19.4 Å². The third-order valence-electron chi connectivity index (χ3n) is 13.2. The Balaban J connectivity index is 1.79. The Morgan fingerprint density at radius 3 is 2.09 bits per heavy atom. The molecule has 13 atom stereocenters. The number of ketones is 1. The average Bonchev–Trinajstić information content (AvgIpc) is 3.09. The van der Waals surface area contributed by atoms with E-state index < -0.39 is 115 Å².